The smallest absolute Gasteiger partial charge is 0.326 e. The Morgan fingerprint density at radius 2 is 1.89 bits per heavy atom. The maximum absolute atomic E-state index is 11.6. The molecule has 0 saturated carbocycles. The molecule has 2 amide bonds. The number of aliphatic carboxylic acids is 2. The summed E-state index contributed by atoms with van der Waals surface area (Å²) in [4.78, 5) is 34.2. The molecule has 0 aromatic carbocycles. The third-order valence-corrected chi connectivity index (χ3v) is 2.44. The van der Waals surface area contributed by atoms with E-state index < -0.39 is 24.0 Å². The summed E-state index contributed by atoms with van der Waals surface area (Å²) in [5.74, 6) is -2.32. The number of rotatable bonds is 8. The molecule has 0 aliphatic heterocycles. The van der Waals surface area contributed by atoms with Crippen LogP contribution in [0.5, 0.6) is 0 Å². The van der Waals surface area contributed by atoms with Gasteiger partial charge in [0.15, 0.2) is 0 Å². The van der Waals surface area contributed by atoms with Crippen LogP contribution < -0.4 is 5.32 Å². The molecule has 0 aliphatic carbocycles. The molecule has 7 nitrogen and oxygen atoms in total. The Morgan fingerprint density at radius 3 is 2.33 bits per heavy atom. The standard InChI is InChI=1S/C11H20N2O5/c1-3-4-7-13(2)11(18)12-8(10(16)17)5-6-9(14)15/h8H,3-7H2,1-2H3,(H,12,18)(H,14,15)(H,16,17). The van der Waals surface area contributed by atoms with E-state index in [1.54, 1.807) is 7.05 Å². The number of nitrogens with zero attached hydrogens (tertiary/aromatic N) is 1. The number of hydrogen-bond donors (Lipinski definition) is 3. The van der Waals surface area contributed by atoms with Gasteiger partial charge in [-0.1, -0.05) is 13.3 Å². The van der Waals surface area contributed by atoms with Gasteiger partial charge in [-0.3, -0.25) is 4.79 Å². The minimum atomic E-state index is -1.23. The van der Waals surface area contributed by atoms with Crippen molar-refractivity contribution in [3.63, 3.8) is 0 Å². The van der Waals surface area contributed by atoms with Gasteiger partial charge in [-0.05, 0) is 12.8 Å². The van der Waals surface area contributed by atoms with Crippen LogP contribution in [0.25, 0.3) is 0 Å². The molecule has 0 bridgehead atoms. The van der Waals surface area contributed by atoms with E-state index in [1.807, 2.05) is 6.92 Å². The molecule has 7 heteroatoms. The van der Waals surface area contributed by atoms with Gasteiger partial charge in [0.05, 0.1) is 0 Å². The fourth-order valence-electron chi connectivity index (χ4n) is 1.28. The molecule has 1 unspecified atom stereocenters. The van der Waals surface area contributed by atoms with Crippen LogP contribution in [0.3, 0.4) is 0 Å². The molecule has 0 aromatic rings. The minimum absolute atomic E-state index is 0.127. The second-order valence-corrected chi connectivity index (χ2v) is 4.05. The zero-order valence-corrected chi connectivity index (χ0v) is 10.7. The SMILES string of the molecule is CCCCN(C)C(=O)NC(CCC(=O)O)C(=O)O. The van der Waals surface area contributed by atoms with E-state index in [0.717, 1.165) is 12.8 Å². The molecule has 0 heterocycles. The second-order valence-electron chi connectivity index (χ2n) is 4.05. The predicted molar refractivity (Wildman–Crippen MR) is 64.4 cm³/mol. The van der Waals surface area contributed by atoms with Gasteiger partial charge in [0.25, 0.3) is 0 Å². The summed E-state index contributed by atoms with van der Waals surface area (Å²) < 4.78 is 0. The van der Waals surface area contributed by atoms with E-state index in [9.17, 15) is 14.4 Å². The van der Waals surface area contributed by atoms with Gasteiger partial charge in [0, 0.05) is 20.0 Å². The van der Waals surface area contributed by atoms with Gasteiger partial charge in [0.2, 0.25) is 0 Å². The van der Waals surface area contributed by atoms with Gasteiger partial charge < -0.3 is 20.4 Å². The lowest BCUT2D eigenvalue weighted by atomic mass is 10.1. The highest BCUT2D eigenvalue weighted by molar-refractivity contribution is 5.82. The highest BCUT2D eigenvalue weighted by Gasteiger charge is 2.22. The van der Waals surface area contributed by atoms with Crippen LogP contribution in [-0.4, -0.2) is 52.7 Å². The monoisotopic (exact) mass is 260 g/mol. The molecule has 0 radical (unpaired) electrons. The first kappa shape index (κ1) is 16.2. The Kier molecular flexibility index (Phi) is 7.50. The van der Waals surface area contributed by atoms with Gasteiger partial charge in [-0.25, -0.2) is 9.59 Å². The molecule has 0 rings (SSSR count). The summed E-state index contributed by atoms with van der Waals surface area (Å²) in [6.07, 6.45) is 1.34. The van der Waals surface area contributed by atoms with Crippen molar-refractivity contribution >= 4 is 18.0 Å². The quantitative estimate of drug-likeness (QED) is 0.597. The van der Waals surface area contributed by atoms with E-state index in [-0.39, 0.29) is 12.8 Å². The summed E-state index contributed by atoms with van der Waals surface area (Å²) in [5.41, 5.74) is 0. The molecule has 0 aromatic heterocycles. The maximum atomic E-state index is 11.6. The number of unbranched alkanes of at least 4 members (excludes halogenated alkanes) is 1. The summed E-state index contributed by atoms with van der Waals surface area (Å²) >= 11 is 0. The van der Waals surface area contributed by atoms with Crippen LogP contribution >= 0.6 is 0 Å². The first-order valence-electron chi connectivity index (χ1n) is 5.84. The van der Waals surface area contributed by atoms with Crippen molar-refractivity contribution in [1.29, 1.82) is 0 Å². The fraction of sp³-hybridized carbons (Fsp3) is 0.727. The number of carboxylic acid groups (broad SMARTS) is 2. The topological polar surface area (TPSA) is 107 Å². The average molecular weight is 260 g/mol. The maximum Gasteiger partial charge on any atom is 0.326 e. The summed E-state index contributed by atoms with van der Waals surface area (Å²) in [7, 11) is 1.57. The van der Waals surface area contributed by atoms with Gasteiger partial charge in [-0.2, -0.15) is 0 Å². The van der Waals surface area contributed by atoms with E-state index in [0.29, 0.717) is 6.54 Å². The average Bonchev–Trinajstić information content (AvgIpc) is 2.30. The largest absolute Gasteiger partial charge is 0.481 e. The lowest BCUT2D eigenvalue weighted by molar-refractivity contribution is -0.140. The fourth-order valence-corrected chi connectivity index (χ4v) is 1.28. The van der Waals surface area contributed by atoms with Crippen LogP contribution in [0.2, 0.25) is 0 Å². The van der Waals surface area contributed by atoms with Crippen LogP contribution in [0.4, 0.5) is 4.79 Å². The normalized spacial score (nSPS) is 11.7. The minimum Gasteiger partial charge on any atom is -0.481 e. The van der Waals surface area contributed by atoms with E-state index in [1.165, 1.54) is 4.90 Å². The first-order chi connectivity index (χ1) is 8.38. The molecular formula is C11H20N2O5. The second kappa shape index (κ2) is 8.32. The van der Waals surface area contributed by atoms with E-state index in [4.69, 9.17) is 10.2 Å². The zero-order chi connectivity index (χ0) is 14.1. The lowest BCUT2D eigenvalue weighted by Crippen LogP contribution is -2.47. The Morgan fingerprint density at radius 1 is 1.28 bits per heavy atom. The molecule has 3 N–H and O–H groups in total. The first-order valence-corrected chi connectivity index (χ1v) is 5.84. The van der Waals surface area contributed by atoms with Crippen molar-refractivity contribution in [3.8, 4) is 0 Å². The lowest BCUT2D eigenvalue weighted by Gasteiger charge is -2.20. The Labute approximate surface area is 106 Å². The van der Waals surface area contributed by atoms with Gasteiger partial charge >= 0.3 is 18.0 Å². The van der Waals surface area contributed by atoms with Gasteiger partial charge in [0.1, 0.15) is 6.04 Å². The number of hydrogen-bond acceptors (Lipinski definition) is 3. The zero-order valence-electron chi connectivity index (χ0n) is 10.7. The van der Waals surface area contributed by atoms with Crippen LogP contribution in [0, 0.1) is 0 Å². The highest BCUT2D eigenvalue weighted by atomic mass is 16.4. The van der Waals surface area contributed by atoms with Crippen molar-refractivity contribution in [1.82, 2.24) is 10.2 Å². The summed E-state index contributed by atoms with van der Waals surface area (Å²) in [5, 5.41) is 19.7. The molecular weight excluding hydrogens is 240 g/mol. The van der Waals surface area contributed by atoms with Crippen molar-refractivity contribution in [2.45, 2.75) is 38.6 Å². The van der Waals surface area contributed by atoms with Crippen LogP contribution in [-0.2, 0) is 9.59 Å². The molecule has 18 heavy (non-hydrogen) atoms. The predicted octanol–water partition coefficient (Wildman–Crippen LogP) is 0.746. The summed E-state index contributed by atoms with van der Waals surface area (Å²) in [6.45, 7) is 2.52. The Bertz CT molecular complexity index is 306. The molecule has 0 aliphatic rings. The Balaban J connectivity index is 4.26. The molecule has 0 saturated heterocycles. The number of amides is 2. The molecule has 0 spiro atoms. The van der Waals surface area contributed by atoms with Crippen molar-refractivity contribution in [2.24, 2.45) is 0 Å². The van der Waals surface area contributed by atoms with Crippen molar-refractivity contribution < 1.29 is 24.6 Å². The number of carboxylic acids is 2. The van der Waals surface area contributed by atoms with E-state index in [2.05, 4.69) is 5.32 Å². The number of nitrogens with one attached hydrogen (secondary N) is 1. The van der Waals surface area contributed by atoms with Crippen molar-refractivity contribution in [2.75, 3.05) is 13.6 Å². The summed E-state index contributed by atoms with van der Waals surface area (Å²) in [6, 6.07) is -1.67. The van der Waals surface area contributed by atoms with E-state index >= 15 is 0 Å². The molecule has 0 fully saturated rings. The highest BCUT2D eigenvalue weighted by Crippen LogP contribution is 2.00. The van der Waals surface area contributed by atoms with Crippen LogP contribution in [0.15, 0.2) is 0 Å². The number of urea groups is 1. The molecule has 1 atom stereocenters. The van der Waals surface area contributed by atoms with Gasteiger partial charge in [-0.15, -0.1) is 0 Å². The number of carbonyl (C=O) groups excluding carboxylic acids is 1. The van der Waals surface area contributed by atoms with Crippen LogP contribution in [0.1, 0.15) is 32.6 Å². The van der Waals surface area contributed by atoms with Crippen molar-refractivity contribution in [3.05, 3.63) is 0 Å². The number of carbonyl (C=O) groups is 3. The molecule has 104 valence electrons. The Hall–Kier alpha value is -1.79. The third kappa shape index (κ3) is 6.72. The third-order valence-electron chi connectivity index (χ3n) is 2.44.